The summed E-state index contributed by atoms with van der Waals surface area (Å²) in [6.45, 7) is 1.15. The molecule has 4 nitrogen and oxygen atoms in total. The number of aliphatic carboxylic acids is 1. The summed E-state index contributed by atoms with van der Waals surface area (Å²) in [5.41, 5.74) is 0.266. The number of carboxylic acids is 1. The summed E-state index contributed by atoms with van der Waals surface area (Å²) in [7, 11) is 0. The molecular weight excluding hydrogens is 220 g/mol. The molecule has 0 saturated heterocycles. The average molecular weight is 229 g/mol. The van der Waals surface area contributed by atoms with E-state index in [0.717, 1.165) is 6.92 Å². The summed E-state index contributed by atoms with van der Waals surface area (Å²) < 4.78 is 4.66. The van der Waals surface area contributed by atoms with Crippen LogP contribution < -0.4 is 0 Å². The van der Waals surface area contributed by atoms with Crippen molar-refractivity contribution < 1.29 is 19.4 Å². The molecule has 15 heavy (non-hydrogen) atoms. The van der Waals surface area contributed by atoms with Crippen molar-refractivity contribution in [1.82, 2.24) is 0 Å². The van der Waals surface area contributed by atoms with Gasteiger partial charge in [-0.2, -0.15) is 0 Å². The SMILES string of the molecule is CC(=O)OC(C(=O)O)c1ccccc1Cl. The molecule has 0 aliphatic heterocycles. The highest BCUT2D eigenvalue weighted by Crippen LogP contribution is 2.25. The van der Waals surface area contributed by atoms with Gasteiger partial charge in [-0.25, -0.2) is 4.79 Å². The van der Waals surface area contributed by atoms with Gasteiger partial charge in [-0.3, -0.25) is 4.79 Å². The van der Waals surface area contributed by atoms with Crippen LogP contribution in [0, 0.1) is 0 Å². The monoisotopic (exact) mass is 228 g/mol. The number of halogens is 1. The fraction of sp³-hybridized carbons (Fsp3) is 0.200. The Labute approximate surface area is 91.4 Å². The molecule has 1 aromatic carbocycles. The topological polar surface area (TPSA) is 63.6 Å². The van der Waals surface area contributed by atoms with Gasteiger partial charge in [0.05, 0.1) is 0 Å². The molecule has 0 aliphatic carbocycles. The van der Waals surface area contributed by atoms with E-state index in [1.165, 1.54) is 12.1 Å². The van der Waals surface area contributed by atoms with Crippen LogP contribution in [0.1, 0.15) is 18.6 Å². The van der Waals surface area contributed by atoms with Crippen LogP contribution in [0.4, 0.5) is 0 Å². The van der Waals surface area contributed by atoms with Gasteiger partial charge in [0, 0.05) is 17.5 Å². The zero-order chi connectivity index (χ0) is 11.4. The third kappa shape index (κ3) is 2.95. The average Bonchev–Trinajstić information content (AvgIpc) is 2.15. The van der Waals surface area contributed by atoms with Gasteiger partial charge in [0.1, 0.15) is 0 Å². The first-order valence-corrected chi connectivity index (χ1v) is 4.54. The van der Waals surface area contributed by atoms with E-state index in [9.17, 15) is 9.59 Å². The van der Waals surface area contributed by atoms with E-state index in [1.807, 2.05) is 0 Å². The van der Waals surface area contributed by atoms with E-state index in [1.54, 1.807) is 12.1 Å². The van der Waals surface area contributed by atoms with Gasteiger partial charge in [-0.15, -0.1) is 0 Å². The van der Waals surface area contributed by atoms with Crippen molar-refractivity contribution in [1.29, 1.82) is 0 Å². The summed E-state index contributed by atoms with van der Waals surface area (Å²) in [6.07, 6.45) is -1.35. The zero-order valence-electron chi connectivity index (χ0n) is 7.94. The van der Waals surface area contributed by atoms with Gasteiger partial charge in [-0.1, -0.05) is 29.8 Å². The number of carbonyl (C=O) groups is 2. The van der Waals surface area contributed by atoms with Crippen LogP contribution in [0.2, 0.25) is 5.02 Å². The molecule has 0 aliphatic rings. The molecule has 0 fully saturated rings. The van der Waals surface area contributed by atoms with Crippen molar-refractivity contribution in [2.45, 2.75) is 13.0 Å². The van der Waals surface area contributed by atoms with Crippen molar-refractivity contribution in [3.05, 3.63) is 34.9 Å². The number of ether oxygens (including phenoxy) is 1. The minimum absolute atomic E-state index is 0.256. The predicted molar refractivity (Wildman–Crippen MR) is 53.6 cm³/mol. The Morgan fingerprint density at radius 3 is 2.47 bits per heavy atom. The molecule has 0 aromatic heterocycles. The molecule has 1 atom stereocenters. The van der Waals surface area contributed by atoms with Crippen LogP contribution in [0.3, 0.4) is 0 Å². The Kier molecular flexibility index (Phi) is 3.68. The molecule has 0 bridgehead atoms. The Balaban J connectivity index is 3.04. The van der Waals surface area contributed by atoms with Crippen LogP contribution in [0.5, 0.6) is 0 Å². The second kappa shape index (κ2) is 4.79. The van der Waals surface area contributed by atoms with E-state index < -0.39 is 18.0 Å². The molecule has 80 valence electrons. The maximum atomic E-state index is 10.9. The molecule has 1 rings (SSSR count). The molecule has 5 heteroatoms. The Morgan fingerprint density at radius 1 is 1.40 bits per heavy atom. The summed E-state index contributed by atoms with van der Waals surface area (Å²) >= 11 is 5.79. The smallest absolute Gasteiger partial charge is 0.349 e. The zero-order valence-corrected chi connectivity index (χ0v) is 8.69. The number of carbonyl (C=O) groups excluding carboxylic acids is 1. The number of hydrogen-bond donors (Lipinski definition) is 1. The van der Waals surface area contributed by atoms with Crippen LogP contribution in [-0.4, -0.2) is 17.0 Å². The highest BCUT2D eigenvalue weighted by atomic mass is 35.5. The van der Waals surface area contributed by atoms with Gasteiger partial charge >= 0.3 is 11.9 Å². The molecular formula is C10H9ClO4. The largest absolute Gasteiger partial charge is 0.478 e. The lowest BCUT2D eigenvalue weighted by Crippen LogP contribution is -2.18. The number of rotatable bonds is 3. The van der Waals surface area contributed by atoms with Crippen LogP contribution in [0.15, 0.2) is 24.3 Å². The summed E-state index contributed by atoms with van der Waals surface area (Å²) in [5.74, 6) is -1.92. The van der Waals surface area contributed by atoms with E-state index in [-0.39, 0.29) is 10.6 Å². The molecule has 1 aromatic rings. The number of carboxylic acid groups (broad SMARTS) is 1. The lowest BCUT2D eigenvalue weighted by Gasteiger charge is -2.13. The third-order valence-corrected chi connectivity index (χ3v) is 2.04. The lowest BCUT2D eigenvalue weighted by atomic mass is 10.1. The van der Waals surface area contributed by atoms with Crippen LogP contribution in [-0.2, 0) is 14.3 Å². The summed E-state index contributed by atoms with van der Waals surface area (Å²) in [5, 5.41) is 9.12. The fourth-order valence-electron chi connectivity index (χ4n) is 1.10. The summed E-state index contributed by atoms with van der Waals surface area (Å²) in [4.78, 5) is 21.6. The van der Waals surface area contributed by atoms with E-state index in [2.05, 4.69) is 4.74 Å². The second-order valence-electron chi connectivity index (χ2n) is 2.85. The highest BCUT2D eigenvalue weighted by Gasteiger charge is 2.24. The predicted octanol–water partition coefficient (Wildman–Crippen LogP) is 2.03. The first-order valence-electron chi connectivity index (χ1n) is 4.17. The van der Waals surface area contributed by atoms with E-state index >= 15 is 0 Å². The van der Waals surface area contributed by atoms with Gasteiger partial charge in [0.25, 0.3) is 0 Å². The molecule has 0 heterocycles. The maximum Gasteiger partial charge on any atom is 0.349 e. The Morgan fingerprint density at radius 2 is 2.00 bits per heavy atom. The van der Waals surface area contributed by atoms with Crippen molar-refractivity contribution in [2.24, 2.45) is 0 Å². The highest BCUT2D eigenvalue weighted by molar-refractivity contribution is 6.31. The number of benzene rings is 1. The molecule has 0 saturated carbocycles. The van der Waals surface area contributed by atoms with Gasteiger partial charge in [0.15, 0.2) is 0 Å². The van der Waals surface area contributed by atoms with E-state index in [0.29, 0.717) is 0 Å². The van der Waals surface area contributed by atoms with Crippen molar-refractivity contribution >= 4 is 23.5 Å². The molecule has 0 radical (unpaired) electrons. The molecule has 1 N–H and O–H groups in total. The van der Waals surface area contributed by atoms with Crippen molar-refractivity contribution in [3.8, 4) is 0 Å². The normalized spacial score (nSPS) is 11.9. The molecule has 0 amide bonds. The first-order chi connectivity index (χ1) is 7.02. The summed E-state index contributed by atoms with van der Waals surface area (Å²) in [6, 6.07) is 6.33. The molecule has 1 unspecified atom stereocenters. The minimum atomic E-state index is -1.35. The van der Waals surface area contributed by atoms with Crippen LogP contribution in [0.25, 0.3) is 0 Å². The lowest BCUT2D eigenvalue weighted by molar-refractivity contribution is -0.163. The van der Waals surface area contributed by atoms with Crippen molar-refractivity contribution in [2.75, 3.05) is 0 Å². The van der Waals surface area contributed by atoms with Gasteiger partial charge in [0.2, 0.25) is 6.10 Å². The van der Waals surface area contributed by atoms with Crippen molar-refractivity contribution in [3.63, 3.8) is 0 Å². The Hall–Kier alpha value is -1.55. The molecule has 0 spiro atoms. The van der Waals surface area contributed by atoms with E-state index in [4.69, 9.17) is 16.7 Å². The number of hydrogen-bond acceptors (Lipinski definition) is 3. The third-order valence-electron chi connectivity index (χ3n) is 1.70. The minimum Gasteiger partial charge on any atom is -0.478 e. The van der Waals surface area contributed by atoms with Gasteiger partial charge < -0.3 is 9.84 Å². The standard InChI is InChI=1S/C10H9ClO4/c1-6(12)15-9(10(13)14)7-4-2-3-5-8(7)11/h2-5,9H,1H3,(H,13,14). The Bertz CT molecular complexity index is 389. The quantitative estimate of drug-likeness (QED) is 0.804. The van der Waals surface area contributed by atoms with Crippen LogP contribution >= 0.6 is 11.6 Å². The van der Waals surface area contributed by atoms with Gasteiger partial charge in [-0.05, 0) is 6.07 Å². The number of esters is 1. The maximum absolute atomic E-state index is 10.9. The fourth-order valence-corrected chi connectivity index (χ4v) is 1.34. The first kappa shape index (κ1) is 11.5. The second-order valence-corrected chi connectivity index (χ2v) is 3.26.